The van der Waals surface area contributed by atoms with Crippen LogP contribution in [0, 0.1) is 5.82 Å². The van der Waals surface area contributed by atoms with E-state index in [1.165, 1.54) is 31.4 Å². The molecule has 1 amide bonds. The minimum Gasteiger partial charge on any atom is -0.493 e. The van der Waals surface area contributed by atoms with Crippen LogP contribution in [0.5, 0.6) is 11.5 Å². The Morgan fingerprint density at radius 1 is 1.11 bits per heavy atom. The predicted molar refractivity (Wildman–Crippen MR) is 95.8 cm³/mol. The molecule has 0 aromatic heterocycles. The summed E-state index contributed by atoms with van der Waals surface area (Å²) in [5.74, 6) is -0.529. The number of rotatable bonds is 9. The Morgan fingerprint density at radius 3 is 2.44 bits per heavy atom. The van der Waals surface area contributed by atoms with Crippen molar-refractivity contribution in [3.63, 3.8) is 0 Å². The van der Waals surface area contributed by atoms with Gasteiger partial charge in [-0.3, -0.25) is 4.79 Å². The van der Waals surface area contributed by atoms with Crippen molar-refractivity contribution in [2.24, 2.45) is 0 Å². The van der Waals surface area contributed by atoms with E-state index in [1.807, 2.05) is 0 Å². The van der Waals surface area contributed by atoms with E-state index in [9.17, 15) is 18.0 Å². The molecular formula is C19H21F3N2O3. The molecule has 0 fully saturated rings. The Kier molecular flexibility index (Phi) is 7.34. The maximum Gasteiger partial charge on any atom is 0.387 e. The second-order valence-electron chi connectivity index (χ2n) is 5.78. The van der Waals surface area contributed by atoms with Crippen molar-refractivity contribution in [1.29, 1.82) is 0 Å². The van der Waals surface area contributed by atoms with Crippen LogP contribution in [0.3, 0.4) is 0 Å². The molecule has 2 aromatic carbocycles. The Labute approximate surface area is 155 Å². The standard InChI is InChI=1S/C19H21F3N2O3/c1-12(18(25)23-10-9-13-3-5-14(20)6-4-13)24-15-7-8-16(26-2)17(11-15)27-19(21)22/h3-8,11-12,19,24H,9-10H2,1-2H3,(H,23,25)/t12-/m1/s1. The normalized spacial score (nSPS) is 11.8. The molecule has 0 spiro atoms. The van der Waals surface area contributed by atoms with Gasteiger partial charge in [-0.1, -0.05) is 12.1 Å². The van der Waals surface area contributed by atoms with Crippen LogP contribution in [0.4, 0.5) is 18.9 Å². The van der Waals surface area contributed by atoms with Crippen molar-refractivity contribution >= 4 is 11.6 Å². The van der Waals surface area contributed by atoms with E-state index in [4.69, 9.17) is 4.74 Å². The Bertz CT molecular complexity index is 754. The number of hydrogen-bond donors (Lipinski definition) is 2. The van der Waals surface area contributed by atoms with E-state index >= 15 is 0 Å². The van der Waals surface area contributed by atoms with Crippen LogP contribution in [0.15, 0.2) is 42.5 Å². The first kappa shape index (κ1) is 20.4. The van der Waals surface area contributed by atoms with E-state index in [1.54, 1.807) is 25.1 Å². The topological polar surface area (TPSA) is 59.6 Å². The zero-order valence-electron chi connectivity index (χ0n) is 15.0. The Hall–Kier alpha value is -2.90. The van der Waals surface area contributed by atoms with Gasteiger partial charge in [0.05, 0.1) is 7.11 Å². The van der Waals surface area contributed by atoms with E-state index in [0.717, 1.165) is 5.56 Å². The van der Waals surface area contributed by atoms with Crippen molar-refractivity contribution in [1.82, 2.24) is 5.32 Å². The third kappa shape index (κ3) is 6.40. The third-order valence-electron chi connectivity index (χ3n) is 3.78. The number of benzene rings is 2. The molecule has 2 rings (SSSR count). The van der Waals surface area contributed by atoms with Gasteiger partial charge in [0.15, 0.2) is 11.5 Å². The number of carbonyl (C=O) groups is 1. The summed E-state index contributed by atoms with van der Waals surface area (Å²) in [6.45, 7) is -0.953. The number of halogens is 3. The van der Waals surface area contributed by atoms with Gasteiger partial charge < -0.3 is 20.1 Å². The molecule has 2 N–H and O–H groups in total. The number of methoxy groups -OCH3 is 1. The number of hydrogen-bond acceptors (Lipinski definition) is 4. The van der Waals surface area contributed by atoms with Gasteiger partial charge in [-0.2, -0.15) is 8.78 Å². The fourth-order valence-corrected chi connectivity index (χ4v) is 2.40. The van der Waals surface area contributed by atoms with Gasteiger partial charge in [-0.25, -0.2) is 4.39 Å². The van der Waals surface area contributed by atoms with Crippen molar-refractivity contribution < 1.29 is 27.4 Å². The lowest BCUT2D eigenvalue weighted by molar-refractivity contribution is -0.121. The second kappa shape index (κ2) is 9.70. The molecule has 146 valence electrons. The van der Waals surface area contributed by atoms with Gasteiger partial charge >= 0.3 is 6.61 Å². The number of alkyl halides is 2. The van der Waals surface area contributed by atoms with Crippen LogP contribution in [-0.2, 0) is 11.2 Å². The molecule has 1 atom stereocenters. The van der Waals surface area contributed by atoms with Gasteiger partial charge in [0.1, 0.15) is 11.9 Å². The monoisotopic (exact) mass is 382 g/mol. The summed E-state index contributed by atoms with van der Waals surface area (Å²) >= 11 is 0. The first-order valence-corrected chi connectivity index (χ1v) is 8.30. The van der Waals surface area contributed by atoms with Crippen LogP contribution in [-0.4, -0.2) is 32.2 Å². The van der Waals surface area contributed by atoms with Crippen molar-refractivity contribution in [2.45, 2.75) is 26.0 Å². The number of ether oxygens (including phenoxy) is 2. The van der Waals surface area contributed by atoms with Crippen LogP contribution >= 0.6 is 0 Å². The summed E-state index contributed by atoms with van der Waals surface area (Å²) in [5.41, 5.74) is 1.34. The molecule has 0 radical (unpaired) electrons. The lowest BCUT2D eigenvalue weighted by Gasteiger charge is -2.17. The molecule has 0 saturated carbocycles. The summed E-state index contributed by atoms with van der Waals surface area (Å²) in [5, 5.41) is 5.68. The SMILES string of the molecule is COc1ccc(N[C@H](C)C(=O)NCCc2ccc(F)cc2)cc1OC(F)F. The summed E-state index contributed by atoms with van der Waals surface area (Å²) in [6, 6.07) is 9.85. The van der Waals surface area contributed by atoms with Gasteiger partial charge in [0.2, 0.25) is 5.91 Å². The average Bonchev–Trinajstić information content (AvgIpc) is 2.63. The van der Waals surface area contributed by atoms with Crippen LogP contribution in [0.25, 0.3) is 0 Å². The van der Waals surface area contributed by atoms with Gasteiger partial charge in [0, 0.05) is 18.3 Å². The molecule has 0 heterocycles. The summed E-state index contributed by atoms with van der Waals surface area (Å²) < 4.78 is 47.2. The summed E-state index contributed by atoms with van der Waals surface area (Å²) in [7, 11) is 1.35. The van der Waals surface area contributed by atoms with Gasteiger partial charge in [-0.15, -0.1) is 0 Å². The van der Waals surface area contributed by atoms with E-state index in [-0.39, 0.29) is 23.2 Å². The molecule has 0 saturated heterocycles. The van der Waals surface area contributed by atoms with Crippen molar-refractivity contribution in [2.75, 3.05) is 19.0 Å². The molecule has 2 aromatic rings. The Balaban J connectivity index is 1.88. The number of carbonyl (C=O) groups excluding carboxylic acids is 1. The molecule has 0 unspecified atom stereocenters. The molecule has 0 aliphatic heterocycles. The highest BCUT2D eigenvalue weighted by Crippen LogP contribution is 2.31. The van der Waals surface area contributed by atoms with Crippen LogP contribution in [0.2, 0.25) is 0 Å². The molecule has 5 nitrogen and oxygen atoms in total. The highest BCUT2D eigenvalue weighted by atomic mass is 19.3. The first-order chi connectivity index (χ1) is 12.9. The summed E-state index contributed by atoms with van der Waals surface area (Å²) in [4.78, 5) is 12.2. The van der Waals surface area contributed by atoms with E-state index in [0.29, 0.717) is 18.7 Å². The number of amides is 1. The first-order valence-electron chi connectivity index (χ1n) is 8.30. The quantitative estimate of drug-likeness (QED) is 0.696. The zero-order valence-corrected chi connectivity index (χ0v) is 15.0. The smallest absolute Gasteiger partial charge is 0.387 e. The lowest BCUT2D eigenvalue weighted by atomic mass is 10.1. The summed E-state index contributed by atoms with van der Waals surface area (Å²) in [6.07, 6.45) is 0.563. The van der Waals surface area contributed by atoms with Gasteiger partial charge in [-0.05, 0) is 43.2 Å². The maximum atomic E-state index is 12.9. The molecule has 27 heavy (non-hydrogen) atoms. The van der Waals surface area contributed by atoms with Crippen molar-refractivity contribution in [3.8, 4) is 11.5 Å². The van der Waals surface area contributed by atoms with E-state index < -0.39 is 12.7 Å². The predicted octanol–water partition coefficient (Wildman–Crippen LogP) is 3.60. The molecular weight excluding hydrogens is 361 g/mol. The third-order valence-corrected chi connectivity index (χ3v) is 3.78. The van der Waals surface area contributed by atoms with E-state index in [2.05, 4.69) is 15.4 Å². The molecule has 0 bridgehead atoms. The molecule has 0 aliphatic rings. The number of nitrogens with one attached hydrogen (secondary N) is 2. The second-order valence-corrected chi connectivity index (χ2v) is 5.78. The largest absolute Gasteiger partial charge is 0.493 e. The average molecular weight is 382 g/mol. The van der Waals surface area contributed by atoms with Crippen LogP contribution in [0.1, 0.15) is 12.5 Å². The lowest BCUT2D eigenvalue weighted by Crippen LogP contribution is -2.38. The molecule has 8 heteroatoms. The van der Waals surface area contributed by atoms with Crippen molar-refractivity contribution in [3.05, 3.63) is 53.8 Å². The highest BCUT2D eigenvalue weighted by molar-refractivity contribution is 5.84. The zero-order chi connectivity index (χ0) is 19.8. The number of anilines is 1. The van der Waals surface area contributed by atoms with Gasteiger partial charge in [0.25, 0.3) is 0 Å². The van der Waals surface area contributed by atoms with Crippen LogP contribution < -0.4 is 20.1 Å². The highest BCUT2D eigenvalue weighted by Gasteiger charge is 2.15. The Morgan fingerprint density at radius 2 is 1.81 bits per heavy atom. The molecule has 0 aliphatic carbocycles. The minimum atomic E-state index is -2.98. The fourth-order valence-electron chi connectivity index (χ4n) is 2.40. The fraction of sp³-hybridized carbons (Fsp3) is 0.316. The maximum absolute atomic E-state index is 12.9. The minimum absolute atomic E-state index is 0.124.